The smallest absolute Gasteiger partial charge is 0.279 e. The van der Waals surface area contributed by atoms with Crippen molar-refractivity contribution in [3.05, 3.63) is 59.4 Å². The van der Waals surface area contributed by atoms with Gasteiger partial charge in [-0.2, -0.15) is 5.26 Å². The van der Waals surface area contributed by atoms with Crippen molar-refractivity contribution in [2.45, 2.75) is 6.54 Å². The number of nitrogens with zero attached hydrogens (tertiary/aromatic N) is 1. The van der Waals surface area contributed by atoms with Crippen LogP contribution in [0.25, 0.3) is 0 Å². The van der Waals surface area contributed by atoms with Gasteiger partial charge < -0.3 is 15.0 Å². The number of likely N-dealkylation sites (N-methyl/N-ethyl adjacent to an activating group) is 1. The average Bonchev–Trinajstić information content (AvgIpc) is 2.55. The number of rotatable bonds is 6. The number of methoxy groups -OCH3 is 1. The molecule has 0 aromatic heterocycles. The van der Waals surface area contributed by atoms with Crippen molar-refractivity contribution in [1.82, 2.24) is 0 Å². The van der Waals surface area contributed by atoms with E-state index >= 15 is 0 Å². The number of amides is 1. The minimum Gasteiger partial charge on any atom is -0.494 e. The fourth-order valence-corrected chi connectivity index (χ4v) is 2.34. The van der Waals surface area contributed by atoms with Crippen molar-refractivity contribution < 1.29 is 18.8 Å². The zero-order chi connectivity index (χ0) is 17.5. The lowest BCUT2D eigenvalue weighted by atomic mass is 10.2. The highest BCUT2D eigenvalue weighted by Crippen LogP contribution is 2.17. The molecule has 2 N–H and O–H groups in total. The summed E-state index contributed by atoms with van der Waals surface area (Å²) in [7, 11) is 3.28. The number of ether oxygens (including phenoxy) is 1. The van der Waals surface area contributed by atoms with E-state index in [2.05, 4.69) is 5.32 Å². The normalized spacial score (nSPS) is 11.4. The molecule has 1 unspecified atom stereocenters. The van der Waals surface area contributed by atoms with Crippen LogP contribution < -0.4 is 15.0 Å². The Morgan fingerprint density at radius 2 is 2.00 bits per heavy atom. The number of anilines is 1. The van der Waals surface area contributed by atoms with Gasteiger partial charge in [0.1, 0.15) is 6.54 Å². The Balaban J connectivity index is 1.89. The van der Waals surface area contributed by atoms with Crippen LogP contribution in [-0.2, 0) is 11.3 Å². The molecule has 0 bridgehead atoms. The minimum atomic E-state index is -0.412. The zero-order valence-corrected chi connectivity index (χ0v) is 13.6. The van der Waals surface area contributed by atoms with E-state index in [4.69, 9.17) is 10.00 Å². The number of carbonyl (C=O) groups excluding carboxylic acids is 1. The lowest BCUT2D eigenvalue weighted by molar-refractivity contribution is -0.885. The van der Waals surface area contributed by atoms with E-state index in [1.54, 1.807) is 36.4 Å². The molecule has 2 rings (SSSR count). The molecular weight excluding hydrogens is 309 g/mol. The van der Waals surface area contributed by atoms with E-state index in [1.807, 2.05) is 13.1 Å². The Kier molecular flexibility index (Phi) is 5.88. The molecule has 2 aromatic carbocycles. The van der Waals surface area contributed by atoms with Gasteiger partial charge in [-0.1, -0.05) is 0 Å². The second-order valence-corrected chi connectivity index (χ2v) is 5.52. The fourth-order valence-electron chi connectivity index (χ4n) is 2.34. The monoisotopic (exact) mass is 328 g/mol. The highest BCUT2D eigenvalue weighted by molar-refractivity contribution is 5.91. The van der Waals surface area contributed by atoms with Crippen LogP contribution in [0.2, 0.25) is 0 Å². The van der Waals surface area contributed by atoms with Crippen LogP contribution in [0.3, 0.4) is 0 Å². The number of quaternary nitrogens is 1. The van der Waals surface area contributed by atoms with Crippen molar-refractivity contribution in [3.63, 3.8) is 0 Å². The summed E-state index contributed by atoms with van der Waals surface area (Å²) in [6, 6.07) is 13.5. The lowest BCUT2D eigenvalue weighted by Crippen LogP contribution is -3.08. The summed E-state index contributed by atoms with van der Waals surface area (Å²) in [4.78, 5) is 13.0. The predicted molar refractivity (Wildman–Crippen MR) is 88.2 cm³/mol. The second-order valence-electron chi connectivity index (χ2n) is 5.52. The molecule has 0 saturated heterocycles. The summed E-state index contributed by atoms with van der Waals surface area (Å²) in [5.41, 5.74) is 1.97. The van der Waals surface area contributed by atoms with Gasteiger partial charge in [0.25, 0.3) is 5.91 Å². The van der Waals surface area contributed by atoms with E-state index in [0.29, 0.717) is 17.8 Å². The van der Waals surface area contributed by atoms with Gasteiger partial charge >= 0.3 is 0 Å². The first-order chi connectivity index (χ1) is 11.5. The molecule has 6 heteroatoms. The standard InChI is InChI=1S/C18H18FN3O2/c1-22(11-14-5-8-17(24-2)16(19)9-14)12-18(23)21-15-6-3-13(10-20)4-7-15/h3-9H,11-12H2,1-2H3,(H,21,23)/p+1. The van der Waals surface area contributed by atoms with Crippen LogP contribution >= 0.6 is 0 Å². The maximum Gasteiger partial charge on any atom is 0.279 e. The van der Waals surface area contributed by atoms with Crippen LogP contribution in [0, 0.1) is 17.1 Å². The quantitative estimate of drug-likeness (QED) is 0.841. The molecule has 0 aliphatic rings. The molecule has 0 spiro atoms. The molecule has 0 aliphatic carbocycles. The topological polar surface area (TPSA) is 66.6 Å². The molecule has 124 valence electrons. The molecule has 5 nitrogen and oxygen atoms in total. The zero-order valence-electron chi connectivity index (χ0n) is 13.6. The van der Waals surface area contributed by atoms with Crippen LogP contribution in [0.1, 0.15) is 11.1 Å². The van der Waals surface area contributed by atoms with Crippen LogP contribution in [-0.4, -0.2) is 26.6 Å². The Morgan fingerprint density at radius 1 is 1.29 bits per heavy atom. The third kappa shape index (κ3) is 4.80. The van der Waals surface area contributed by atoms with E-state index in [-0.39, 0.29) is 18.2 Å². The number of nitriles is 1. The molecule has 0 heterocycles. The lowest BCUT2D eigenvalue weighted by Gasteiger charge is -2.14. The highest BCUT2D eigenvalue weighted by Gasteiger charge is 2.12. The summed E-state index contributed by atoms with van der Waals surface area (Å²) < 4.78 is 18.6. The second kappa shape index (κ2) is 8.09. The first-order valence-electron chi connectivity index (χ1n) is 7.45. The predicted octanol–water partition coefficient (Wildman–Crippen LogP) is 1.36. The van der Waals surface area contributed by atoms with Crippen molar-refractivity contribution >= 4 is 11.6 Å². The molecule has 0 aliphatic heterocycles. The van der Waals surface area contributed by atoms with Crippen molar-refractivity contribution in [2.24, 2.45) is 0 Å². The fraction of sp³-hybridized carbons (Fsp3) is 0.222. The van der Waals surface area contributed by atoms with Gasteiger partial charge in [0, 0.05) is 11.3 Å². The van der Waals surface area contributed by atoms with E-state index < -0.39 is 5.82 Å². The van der Waals surface area contributed by atoms with Crippen molar-refractivity contribution in [3.8, 4) is 11.8 Å². The van der Waals surface area contributed by atoms with E-state index in [9.17, 15) is 9.18 Å². The van der Waals surface area contributed by atoms with Crippen LogP contribution in [0.15, 0.2) is 42.5 Å². The van der Waals surface area contributed by atoms with E-state index in [0.717, 1.165) is 10.5 Å². The molecule has 0 fully saturated rings. The first-order valence-corrected chi connectivity index (χ1v) is 7.45. The first kappa shape index (κ1) is 17.4. The Morgan fingerprint density at radius 3 is 2.58 bits per heavy atom. The van der Waals surface area contributed by atoms with E-state index in [1.165, 1.54) is 13.2 Å². The summed E-state index contributed by atoms with van der Waals surface area (Å²) in [6.45, 7) is 0.759. The Labute approximate surface area is 140 Å². The van der Waals surface area contributed by atoms with Crippen molar-refractivity contribution in [1.29, 1.82) is 5.26 Å². The number of hydrogen-bond acceptors (Lipinski definition) is 3. The summed E-state index contributed by atoms with van der Waals surface area (Å²) in [6.07, 6.45) is 0. The van der Waals surface area contributed by atoms with Gasteiger partial charge in [-0.3, -0.25) is 4.79 Å². The molecule has 0 radical (unpaired) electrons. The van der Waals surface area contributed by atoms with Gasteiger partial charge in [-0.15, -0.1) is 0 Å². The van der Waals surface area contributed by atoms with Gasteiger partial charge in [0.15, 0.2) is 18.1 Å². The number of carbonyl (C=O) groups is 1. The molecule has 1 atom stereocenters. The highest BCUT2D eigenvalue weighted by atomic mass is 19.1. The SMILES string of the molecule is COc1ccc(C[NH+](C)CC(=O)Nc2ccc(C#N)cc2)cc1F. The molecular formula is C18H19FN3O2+. The third-order valence-electron chi connectivity index (χ3n) is 3.48. The van der Waals surface area contributed by atoms with Crippen molar-refractivity contribution in [2.75, 3.05) is 26.0 Å². The maximum atomic E-state index is 13.7. The largest absolute Gasteiger partial charge is 0.494 e. The minimum absolute atomic E-state index is 0.147. The third-order valence-corrected chi connectivity index (χ3v) is 3.48. The van der Waals surface area contributed by atoms with Gasteiger partial charge in [-0.05, 0) is 42.5 Å². The molecule has 2 aromatic rings. The summed E-state index contributed by atoms with van der Waals surface area (Å²) in [5.74, 6) is -0.356. The molecule has 24 heavy (non-hydrogen) atoms. The van der Waals surface area contributed by atoms with Crippen LogP contribution in [0.5, 0.6) is 5.75 Å². The molecule has 1 amide bonds. The average molecular weight is 328 g/mol. The van der Waals surface area contributed by atoms with Gasteiger partial charge in [-0.25, -0.2) is 4.39 Å². The summed E-state index contributed by atoms with van der Waals surface area (Å²) in [5, 5.41) is 11.5. The Bertz CT molecular complexity index is 754. The molecule has 0 saturated carbocycles. The number of halogens is 1. The number of nitrogens with one attached hydrogen (secondary N) is 2. The Hall–Kier alpha value is -2.91. The number of hydrogen-bond donors (Lipinski definition) is 2. The summed E-state index contributed by atoms with van der Waals surface area (Å²) >= 11 is 0. The van der Waals surface area contributed by atoms with Crippen LogP contribution in [0.4, 0.5) is 10.1 Å². The number of benzene rings is 2. The van der Waals surface area contributed by atoms with Gasteiger partial charge in [0.2, 0.25) is 0 Å². The van der Waals surface area contributed by atoms with Gasteiger partial charge in [0.05, 0.1) is 25.8 Å². The maximum absolute atomic E-state index is 13.7.